The molecule has 4 aromatic rings. The van der Waals surface area contributed by atoms with Crippen LogP contribution >= 0.6 is 0 Å². The highest BCUT2D eigenvalue weighted by Crippen LogP contribution is 2.37. The number of aromatic amines is 1. The van der Waals surface area contributed by atoms with Crippen LogP contribution in [0.5, 0.6) is 11.5 Å². The van der Waals surface area contributed by atoms with E-state index in [9.17, 15) is 10.1 Å². The molecule has 0 saturated heterocycles. The van der Waals surface area contributed by atoms with Gasteiger partial charge in [-0.1, -0.05) is 0 Å². The average molecular weight is 416 g/mol. The fourth-order valence-corrected chi connectivity index (χ4v) is 3.30. The number of amides is 1. The number of benzene rings is 2. The molecule has 0 bridgehead atoms. The lowest BCUT2D eigenvalue weighted by atomic mass is 10.1. The Kier molecular flexibility index (Phi) is 5.20. The van der Waals surface area contributed by atoms with E-state index >= 15 is 0 Å². The van der Waals surface area contributed by atoms with Gasteiger partial charge in [0.1, 0.15) is 11.6 Å². The maximum absolute atomic E-state index is 11.2. The largest absolute Gasteiger partial charge is 0.493 e. The molecule has 0 saturated carbocycles. The van der Waals surface area contributed by atoms with Gasteiger partial charge in [-0.05, 0) is 42.5 Å². The molecule has 4 rings (SSSR count). The van der Waals surface area contributed by atoms with E-state index in [1.807, 2.05) is 30.3 Å². The number of nitrogens with one attached hydrogen (secondary N) is 3. The summed E-state index contributed by atoms with van der Waals surface area (Å²) in [6, 6.07) is 15.0. The lowest BCUT2D eigenvalue weighted by molar-refractivity contribution is -0.114. The van der Waals surface area contributed by atoms with E-state index in [1.165, 1.54) is 13.1 Å². The van der Waals surface area contributed by atoms with Gasteiger partial charge in [-0.15, -0.1) is 0 Å². The molecule has 1 amide bonds. The molecule has 156 valence electrons. The van der Waals surface area contributed by atoms with Crippen LogP contribution in [0.15, 0.2) is 48.7 Å². The van der Waals surface area contributed by atoms with E-state index in [1.54, 1.807) is 30.9 Å². The molecule has 0 aliphatic rings. The van der Waals surface area contributed by atoms with Gasteiger partial charge in [-0.3, -0.25) is 4.79 Å². The van der Waals surface area contributed by atoms with Crippen molar-refractivity contribution in [3.63, 3.8) is 0 Å². The Morgan fingerprint density at radius 1 is 1.10 bits per heavy atom. The summed E-state index contributed by atoms with van der Waals surface area (Å²) in [5, 5.41) is 19.9. The van der Waals surface area contributed by atoms with Gasteiger partial charge in [0, 0.05) is 23.9 Å². The summed E-state index contributed by atoms with van der Waals surface area (Å²) in [7, 11) is 3.16. The van der Waals surface area contributed by atoms with E-state index in [4.69, 9.17) is 9.47 Å². The number of H-pyrrole nitrogens is 1. The molecule has 0 spiro atoms. The third kappa shape index (κ3) is 3.74. The molecule has 9 nitrogen and oxygen atoms in total. The van der Waals surface area contributed by atoms with Crippen LogP contribution in [0.1, 0.15) is 12.5 Å². The normalized spacial score (nSPS) is 10.5. The summed E-state index contributed by atoms with van der Waals surface area (Å²) < 4.78 is 12.4. The van der Waals surface area contributed by atoms with Crippen LogP contribution < -0.4 is 20.1 Å². The molecule has 2 heterocycles. The minimum absolute atomic E-state index is 0.135. The number of rotatable bonds is 6. The Morgan fingerprint density at radius 3 is 2.45 bits per heavy atom. The Hall–Kier alpha value is -4.45. The summed E-state index contributed by atoms with van der Waals surface area (Å²) in [6.45, 7) is 1.46. The number of imidazole rings is 1. The fraction of sp³-hybridized carbons (Fsp3) is 0.136. The maximum atomic E-state index is 11.2. The Morgan fingerprint density at radius 2 is 1.81 bits per heavy atom. The first-order chi connectivity index (χ1) is 15.0. The maximum Gasteiger partial charge on any atom is 0.221 e. The number of carbonyl (C=O) groups is 1. The van der Waals surface area contributed by atoms with Gasteiger partial charge in [0.2, 0.25) is 5.91 Å². The number of nitriles is 1. The van der Waals surface area contributed by atoms with E-state index in [2.05, 4.69) is 26.8 Å². The predicted molar refractivity (Wildman–Crippen MR) is 117 cm³/mol. The summed E-state index contributed by atoms with van der Waals surface area (Å²) in [6.07, 6.45) is 1.51. The summed E-state index contributed by atoms with van der Waals surface area (Å²) in [5.74, 6) is 1.71. The molecule has 2 aromatic carbocycles. The molecule has 2 aromatic heterocycles. The van der Waals surface area contributed by atoms with Crippen molar-refractivity contribution in [1.29, 1.82) is 5.26 Å². The van der Waals surface area contributed by atoms with E-state index in [-0.39, 0.29) is 5.91 Å². The minimum Gasteiger partial charge on any atom is -0.493 e. The van der Waals surface area contributed by atoms with E-state index < -0.39 is 0 Å². The Labute approximate surface area is 178 Å². The second-order valence-electron chi connectivity index (χ2n) is 6.73. The van der Waals surface area contributed by atoms with Crippen LogP contribution in [0.25, 0.3) is 16.9 Å². The van der Waals surface area contributed by atoms with Crippen LogP contribution in [-0.4, -0.2) is 34.7 Å². The van der Waals surface area contributed by atoms with Gasteiger partial charge in [-0.2, -0.15) is 14.9 Å². The van der Waals surface area contributed by atoms with Crippen molar-refractivity contribution in [3.8, 4) is 28.8 Å². The zero-order valence-electron chi connectivity index (χ0n) is 17.2. The van der Waals surface area contributed by atoms with Crippen LogP contribution in [0.2, 0.25) is 0 Å². The zero-order valence-corrected chi connectivity index (χ0v) is 17.2. The second-order valence-corrected chi connectivity index (χ2v) is 6.73. The van der Waals surface area contributed by atoms with Crippen LogP contribution in [-0.2, 0) is 4.79 Å². The van der Waals surface area contributed by atoms with Crippen LogP contribution in [0.3, 0.4) is 0 Å². The van der Waals surface area contributed by atoms with Crippen molar-refractivity contribution in [2.45, 2.75) is 6.92 Å². The molecule has 0 fully saturated rings. The molecule has 0 radical (unpaired) electrons. The van der Waals surface area contributed by atoms with Crippen molar-refractivity contribution in [3.05, 3.63) is 54.2 Å². The first-order valence-electron chi connectivity index (χ1n) is 9.41. The second kappa shape index (κ2) is 8.12. The van der Waals surface area contributed by atoms with Crippen molar-refractivity contribution >= 4 is 28.7 Å². The van der Waals surface area contributed by atoms with Crippen molar-refractivity contribution in [1.82, 2.24) is 14.6 Å². The highest BCUT2D eigenvalue weighted by molar-refractivity contribution is 5.89. The first-order valence-corrected chi connectivity index (χ1v) is 9.41. The smallest absolute Gasteiger partial charge is 0.221 e. The molecule has 0 unspecified atom stereocenters. The number of carbonyl (C=O) groups excluding carboxylic acids is 1. The van der Waals surface area contributed by atoms with E-state index in [0.29, 0.717) is 34.2 Å². The van der Waals surface area contributed by atoms with Gasteiger partial charge in [0.05, 0.1) is 26.1 Å². The van der Waals surface area contributed by atoms with Crippen LogP contribution in [0.4, 0.5) is 17.2 Å². The number of ether oxygens (including phenoxy) is 2. The summed E-state index contributed by atoms with van der Waals surface area (Å²) in [4.78, 5) is 14.5. The highest BCUT2D eigenvalue weighted by atomic mass is 16.5. The van der Waals surface area contributed by atoms with Crippen molar-refractivity contribution in [2.24, 2.45) is 0 Å². The van der Waals surface area contributed by atoms with Gasteiger partial charge in [0.25, 0.3) is 0 Å². The van der Waals surface area contributed by atoms with Crippen LogP contribution in [0, 0.1) is 11.3 Å². The number of aromatic nitrogens is 3. The van der Waals surface area contributed by atoms with Gasteiger partial charge in [-0.25, -0.2) is 0 Å². The molecule has 0 aliphatic heterocycles. The number of nitrogens with zero attached hydrogens (tertiary/aromatic N) is 3. The number of hydrogen-bond acceptors (Lipinski definition) is 6. The molecule has 31 heavy (non-hydrogen) atoms. The first kappa shape index (κ1) is 19.8. The number of anilines is 3. The predicted octanol–water partition coefficient (Wildman–Crippen LogP) is 3.92. The highest BCUT2D eigenvalue weighted by Gasteiger charge is 2.19. The monoisotopic (exact) mass is 416 g/mol. The zero-order chi connectivity index (χ0) is 22.0. The molecule has 3 N–H and O–H groups in total. The molecular weight excluding hydrogens is 396 g/mol. The average Bonchev–Trinajstić information content (AvgIpc) is 3.34. The SMILES string of the molecule is COc1ccc(-c2[nH]c3c(C#N)cnn3c2Nc2ccc(NC(C)=O)cc2)cc1OC. The Balaban J connectivity index is 1.80. The summed E-state index contributed by atoms with van der Waals surface area (Å²) in [5.41, 5.74) is 4.03. The van der Waals surface area contributed by atoms with Gasteiger partial charge >= 0.3 is 0 Å². The third-order valence-electron chi connectivity index (χ3n) is 4.72. The fourth-order valence-electron chi connectivity index (χ4n) is 3.30. The van der Waals surface area contributed by atoms with Crippen molar-refractivity contribution in [2.75, 3.05) is 24.9 Å². The summed E-state index contributed by atoms with van der Waals surface area (Å²) >= 11 is 0. The minimum atomic E-state index is -0.135. The molecule has 0 atom stereocenters. The lowest BCUT2D eigenvalue weighted by Gasteiger charge is -2.12. The molecule has 0 aliphatic carbocycles. The van der Waals surface area contributed by atoms with Gasteiger partial charge in [0.15, 0.2) is 23.0 Å². The quantitative estimate of drug-likeness (QED) is 0.439. The van der Waals surface area contributed by atoms with E-state index in [0.717, 1.165) is 16.9 Å². The topological polar surface area (TPSA) is 116 Å². The van der Waals surface area contributed by atoms with Gasteiger partial charge < -0.3 is 25.1 Å². The Bertz CT molecular complexity index is 1300. The standard InChI is InChI=1S/C22H20N6O3/c1-13(29)25-16-5-7-17(8-6-16)26-22-20(27-21-15(11-23)12-24-28(21)22)14-4-9-18(30-2)19(10-14)31-3/h4-10,12,26-27H,1-3H3,(H,25,29). The van der Waals surface area contributed by atoms with Crippen molar-refractivity contribution < 1.29 is 14.3 Å². The number of methoxy groups -OCH3 is 2. The number of hydrogen-bond donors (Lipinski definition) is 3. The third-order valence-corrected chi connectivity index (χ3v) is 4.72. The molecular formula is C22H20N6O3. The molecule has 9 heteroatoms. The lowest BCUT2D eigenvalue weighted by Crippen LogP contribution is -2.05. The number of fused-ring (bicyclic) bond motifs is 1.